The van der Waals surface area contributed by atoms with Gasteiger partial charge in [0.05, 0.1) is 11.8 Å². The second-order valence-electron chi connectivity index (χ2n) is 6.73. The number of carbonyl (C=O) groups excluding carboxylic acids is 1. The molecule has 154 valence electrons. The second-order valence-corrected chi connectivity index (χ2v) is 7.67. The summed E-state index contributed by atoms with van der Waals surface area (Å²) in [6.45, 7) is 5.00. The van der Waals surface area contributed by atoms with Gasteiger partial charge in [-0.3, -0.25) is 9.69 Å². The van der Waals surface area contributed by atoms with E-state index in [2.05, 4.69) is 38.8 Å². The zero-order valence-electron chi connectivity index (χ0n) is 16.7. The van der Waals surface area contributed by atoms with Crippen molar-refractivity contribution in [2.24, 2.45) is 0 Å². The first-order valence-electron chi connectivity index (χ1n) is 9.33. The van der Waals surface area contributed by atoms with Crippen LogP contribution in [0.3, 0.4) is 0 Å². The Morgan fingerprint density at radius 2 is 1.89 bits per heavy atom. The Morgan fingerprint density at radius 1 is 1.21 bits per heavy atom. The Bertz CT molecular complexity index is 776. The van der Waals surface area contributed by atoms with Gasteiger partial charge in [-0.2, -0.15) is 0 Å². The summed E-state index contributed by atoms with van der Waals surface area (Å²) in [5, 5.41) is 11.8. The summed E-state index contributed by atoms with van der Waals surface area (Å²) in [7, 11) is 4.01. The predicted octanol–water partition coefficient (Wildman–Crippen LogP) is 4.10. The lowest BCUT2D eigenvalue weighted by Crippen LogP contribution is -2.23. The fraction of sp³-hybridized carbons (Fsp3) is 0.526. The van der Waals surface area contributed by atoms with Gasteiger partial charge in [-0.1, -0.05) is 32.0 Å². The molecule has 0 spiro atoms. The van der Waals surface area contributed by atoms with E-state index in [9.17, 15) is 13.6 Å². The standard InChI is InChI=1S/C19H27F2N5OS/c1-5-7-8-26-18(16(6-2)25(3)4)23-24-19(26)28-12-17(27)22-15-10-13(20)9-14(21)11-15/h9-11,16H,5-8,12H2,1-4H3,(H,22,27). The van der Waals surface area contributed by atoms with Gasteiger partial charge < -0.3 is 9.88 Å². The Hall–Kier alpha value is -2.00. The largest absolute Gasteiger partial charge is 0.325 e. The maximum Gasteiger partial charge on any atom is 0.234 e. The summed E-state index contributed by atoms with van der Waals surface area (Å²) >= 11 is 1.26. The van der Waals surface area contributed by atoms with Crippen LogP contribution in [0, 0.1) is 11.6 Å². The van der Waals surface area contributed by atoms with E-state index in [0.29, 0.717) is 5.16 Å². The number of aromatic nitrogens is 3. The zero-order valence-corrected chi connectivity index (χ0v) is 17.5. The average Bonchev–Trinajstić information content (AvgIpc) is 3.00. The Labute approximate surface area is 168 Å². The van der Waals surface area contributed by atoms with Gasteiger partial charge in [-0.05, 0) is 39.1 Å². The molecule has 1 amide bonds. The molecule has 6 nitrogen and oxygen atoms in total. The van der Waals surface area contributed by atoms with Crippen molar-refractivity contribution in [1.29, 1.82) is 0 Å². The molecule has 1 aromatic carbocycles. The van der Waals surface area contributed by atoms with Crippen molar-refractivity contribution < 1.29 is 13.6 Å². The third-order valence-electron chi connectivity index (χ3n) is 4.27. The fourth-order valence-corrected chi connectivity index (χ4v) is 3.68. The maximum absolute atomic E-state index is 13.3. The normalized spacial score (nSPS) is 12.4. The van der Waals surface area contributed by atoms with Crippen LogP contribution in [0.4, 0.5) is 14.5 Å². The van der Waals surface area contributed by atoms with Gasteiger partial charge in [0, 0.05) is 18.3 Å². The highest BCUT2D eigenvalue weighted by molar-refractivity contribution is 7.99. The van der Waals surface area contributed by atoms with Crippen LogP contribution in [-0.4, -0.2) is 45.4 Å². The van der Waals surface area contributed by atoms with Gasteiger partial charge in [-0.15, -0.1) is 10.2 Å². The van der Waals surface area contributed by atoms with Crippen LogP contribution in [0.5, 0.6) is 0 Å². The van der Waals surface area contributed by atoms with Crippen LogP contribution in [0.25, 0.3) is 0 Å². The lowest BCUT2D eigenvalue weighted by Gasteiger charge is -2.23. The highest BCUT2D eigenvalue weighted by atomic mass is 32.2. The number of hydrogen-bond acceptors (Lipinski definition) is 5. The number of nitrogens with zero attached hydrogens (tertiary/aromatic N) is 4. The van der Waals surface area contributed by atoms with E-state index in [1.165, 1.54) is 11.8 Å². The number of hydrogen-bond donors (Lipinski definition) is 1. The van der Waals surface area contributed by atoms with Crippen LogP contribution in [0.2, 0.25) is 0 Å². The molecule has 1 N–H and O–H groups in total. The van der Waals surface area contributed by atoms with Crippen LogP contribution in [0.1, 0.15) is 45.0 Å². The van der Waals surface area contributed by atoms with Crippen molar-refractivity contribution in [1.82, 2.24) is 19.7 Å². The summed E-state index contributed by atoms with van der Waals surface area (Å²) < 4.78 is 28.6. The minimum atomic E-state index is -0.735. The zero-order chi connectivity index (χ0) is 20.7. The molecule has 1 heterocycles. The molecule has 0 saturated heterocycles. The number of thioether (sulfide) groups is 1. The lowest BCUT2D eigenvalue weighted by molar-refractivity contribution is -0.113. The third kappa shape index (κ3) is 6.00. The van der Waals surface area contributed by atoms with E-state index in [1.807, 2.05) is 14.1 Å². The molecule has 1 atom stereocenters. The van der Waals surface area contributed by atoms with Crippen molar-refractivity contribution in [2.45, 2.75) is 50.9 Å². The number of halogens is 2. The number of amides is 1. The van der Waals surface area contributed by atoms with E-state index < -0.39 is 11.6 Å². The third-order valence-corrected chi connectivity index (χ3v) is 5.23. The minimum absolute atomic E-state index is 0.0706. The molecule has 2 rings (SSSR count). The smallest absolute Gasteiger partial charge is 0.234 e. The number of anilines is 1. The van der Waals surface area contributed by atoms with Crippen molar-refractivity contribution in [2.75, 3.05) is 25.2 Å². The molecule has 28 heavy (non-hydrogen) atoms. The highest BCUT2D eigenvalue weighted by Gasteiger charge is 2.22. The SMILES string of the molecule is CCCCn1c(SCC(=O)Nc2cc(F)cc(F)c2)nnc1C(CC)N(C)C. The Balaban J connectivity index is 2.09. The highest BCUT2D eigenvalue weighted by Crippen LogP contribution is 2.26. The second kappa shape index (κ2) is 10.5. The summed E-state index contributed by atoms with van der Waals surface area (Å²) in [6, 6.07) is 3.06. The average molecular weight is 412 g/mol. The lowest BCUT2D eigenvalue weighted by atomic mass is 10.2. The van der Waals surface area contributed by atoms with Gasteiger partial charge in [0.2, 0.25) is 5.91 Å². The summed E-state index contributed by atoms with van der Waals surface area (Å²) in [5.74, 6) is -0.874. The number of rotatable bonds is 10. The fourth-order valence-electron chi connectivity index (χ4n) is 2.91. The molecule has 0 aliphatic rings. The van der Waals surface area contributed by atoms with Gasteiger partial charge in [0.15, 0.2) is 11.0 Å². The van der Waals surface area contributed by atoms with Crippen LogP contribution >= 0.6 is 11.8 Å². The minimum Gasteiger partial charge on any atom is -0.325 e. The van der Waals surface area contributed by atoms with Gasteiger partial charge in [0.1, 0.15) is 11.6 Å². The quantitative estimate of drug-likeness (QED) is 0.597. The molecule has 0 saturated carbocycles. The maximum atomic E-state index is 13.3. The molecule has 9 heteroatoms. The molecule has 0 aliphatic heterocycles. The van der Waals surface area contributed by atoms with Gasteiger partial charge >= 0.3 is 0 Å². The monoisotopic (exact) mass is 411 g/mol. The summed E-state index contributed by atoms with van der Waals surface area (Å²) in [6.07, 6.45) is 2.91. The van der Waals surface area contributed by atoms with Gasteiger partial charge in [0.25, 0.3) is 0 Å². The van der Waals surface area contributed by atoms with Crippen LogP contribution < -0.4 is 5.32 Å². The van der Waals surface area contributed by atoms with Crippen LogP contribution in [0.15, 0.2) is 23.4 Å². The molecular formula is C19H27F2N5OS. The molecule has 2 aromatic rings. The van der Waals surface area contributed by atoms with Gasteiger partial charge in [-0.25, -0.2) is 8.78 Å². The Kier molecular flexibility index (Phi) is 8.37. The predicted molar refractivity (Wildman–Crippen MR) is 107 cm³/mol. The number of carbonyl (C=O) groups is 1. The van der Waals surface area contributed by atoms with Crippen molar-refractivity contribution >= 4 is 23.4 Å². The Morgan fingerprint density at radius 3 is 2.46 bits per heavy atom. The first-order chi connectivity index (χ1) is 13.3. The number of benzene rings is 1. The first kappa shape index (κ1) is 22.3. The molecular weight excluding hydrogens is 384 g/mol. The molecule has 0 radical (unpaired) electrons. The number of unbranched alkanes of at least 4 members (excludes halogenated alkanes) is 1. The molecule has 0 bridgehead atoms. The van der Waals surface area contributed by atoms with E-state index in [0.717, 1.165) is 49.8 Å². The molecule has 1 aromatic heterocycles. The number of nitrogens with one attached hydrogen (secondary N) is 1. The van der Waals surface area contributed by atoms with E-state index in [1.54, 1.807) is 0 Å². The topological polar surface area (TPSA) is 63.1 Å². The van der Waals surface area contributed by atoms with Crippen LogP contribution in [-0.2, 0) is 11.3 Å². The van der Waals surface area contributed by atoms with E-state index in [4.69, 9.17) is 0 Å². The van der Waals surface area contributed by atoms with Crippen molar-refractivity contribution in [3.8, 4) is 0 Å². The van der Waals surface area contributed by atoms with E-state index in [-0.39, 0.29) is 23.4 Å². The molecule has 0 fully saturated rings. The van der Waals surface area contributed by atoms with E-state index >= 15 is 0 Å². The van der Waals surface area contributed by atoms with Crippen molar-refractivity contribution in [3.63, 3.8) is 0 Å². The molecule has 1 unspecified atom stereocenters. The summed E-state index contributed by atoms with van der Waals surface area (Å²) in [4.78, 5) is 14.3. The summed E-state index contributed by atoms with van der Waals surface area (Å²) in [5.41, 5.74) is 0.0925. The van der Waals surface area contributed by atoms with Crippen molar-refractivity contribution in [3.05, 3.63) is 35.7 Å². The molecule has 0 aliphatic carbocycles. The first-order valence-corrected chi connectivity index (χ1v) is 10.3.